The van der Waals surface area contributed by atoms with Gasteiger partial charge in [0.05, 0.1) is 22.8 Å². The lowest BCUT2D eigenvalue weighted by Gasteiger charge is -2.10. The number of rotatable bonds is 5. The van der Waals surface area contributed by atoms with Gasteiger partial charge < -0.3 is 9.26 Å². The van der Waals surface area contributed by atoms with Gasteiger partial charge >= 0.3 is 0 Å². The molecule has 0 unspecified atom stereocenters. The van der Waals surface area contributed by atoms with Gasteiger partial charge in [0.1, 0.15) is 35.9 Å². The number of hydrogen-bond donors (Lipinski definition) is 0. The van der Waals surface area contributed by atoms with E-state index in [0.717, 1.165) is 22.8 Å². The van der Waals surface area contributed by atoms with Crippen LogP contribution in [0.2, 0.25) is 0 Å². The van der Waals surface area contributed by atoms with Crippen molar-refractivity contribution in [3.63, 3.8) is 0 Å². The third-order valence-corrected chi connectivity index (χ3v) is 6.01. The van der Waals surface area contributed by atoms with Gasteiger partial charge in [0.15, 0.2) is 0 Å². The highest BCUT2D eigenvalue weighted by molar-refractivity contribution is 5.63. The molecule has 6 rings (SSSR count). The van der Waals surface area contributed by atoms with Crippen LogP contribution in [-0.2, 0) is 13.0 Å². The lowest BCUT2D eigenvalue weighted by Crippen LogP contribution is -2.06. The van der Waals surface area contributed by atoms with Crippen LogP contribution in [0.25, 0.3) is 22.9 Å². The Bertz CT molecular complexity index is 1620. The molecule has 9 nitrogen and oxygen atoms in total. The van der Waals surface area contributed by atoms with E-state index in [1.165, 1.54) is 12.1 Å². The van der Waals surface area contributed by atoms with Gasteiger partial charge in [-0.1, -0.05) is 30.1 Å². The van der Waals surface area contributed by atoms with E-state index >= 15 is 0 Å². The first kappa shape index (κ1) is 21.7. The lowest BCUT2D eigenvalue weighted by atomic mass is 10.1. The summed E-state index contributed by atoms with van der Waals surface area (Å²) >= 11 is 0. The number of nitrogens with zero attached hydrogens (tertiary/aromatic N) is 7. The molecule has 0 saturated heterocycles. The average molecular weight is 481 g/mol. The molecule has 178 valence electrons. The van der Waals surface area contributed by atoms with Gasteiger partial charge in [-0.2, -0.15) is 4.98 Å². The second-order valence-corrected chi connectivity index (χ2v) is 8.68. The van der Waals surface area contributed by atoms with Gasteiger partial charge in [0, 0.05) is 17.9 Å². The summed E-state index contributed by atoms with van der Waals surface area (Å²) in [5, 5.41) is 13.0. The molecule has 0 fully saturated rings. The maximum atomic E-state index is 13.3. The minimum absolute atomic E-state index is 0.0937. The van der Waals surface area contributed by atoms with Crippen molar-refractivity contribution in [1.82, 2.24) is 34.7 Å². The van der Waals surface area contributed by atoms with E-state index in [0.29, 0.717) is 40.8 Å². The molecule has 1 aliphatic heterocycles. The maximum absolute atomic E-state index is 13.3. The summed E-state index contributed by atoms with van der Waals surface area (Å²) in [5.74, 6) is 3.93. The number of terminal acetylenes is 1. The van der Waals surface area contributed by atoms with Crippen LogP contribution < -0.4 is 4.74 Å². The summed E-state index contributed by atoms with van der Waals surface area (Å²) in [6, 6.07) is 11.5. The number of benzene rings is 2. The maximum Gasteiger partial charge on any atom is 0.229 e. The fraction of sp³-hybridized carbons (Fsp3) is 0.192. The summed E-state index contributed by atoms with van der Waals surface area (Å²) in [4.78, 5) is 9.18. The van der Waals surface area contributed by atoms with Gasteiger partial charge in [0.2, 0.25) is 11.7 Å². The molecule has 10 heteroatoms. The van der Waals surface area contributed by atoms with Crippen LogP contribution in [0.1, 0.15) is 48.3 Å². The smallest absolute Gasteiger partial charge is 0.229 e. The Kier molecular flexibility index (Phi) is 5.11. The Morgan fingerprint density at radius 1 is 1.14 bits per heavy atom. The minimum atomic E-state index is -0.330. The first-order chi connectivity index (χ1) is 17.5. The van der Waals surface area contributed by atoms with Crippen LogP contribution in [0.5, 0.6) is 5.75 Å². The molecule has 0 aliphatic carbocycles. The highest BCUT2D eigenvalue weighted by Gasteiger charge is 2.28. The van der Waals surface area contributed by atoms with Crippen LogP contribution in [-0.4, -0.2) is 34.7 Å². The van der Waals surface area contributed by atoms with E-state index < -0.39 is 0 Å². The number of halogens is 1. The van der Waals surface area contributed by atoms with E-state index in [2.05, 4.69) is 31.4 Å². The second kappa shape index (κ2) is 8.46. The van der Waals surface area contributed by atoms with Crippen molar-refractivity contribution in [3.8, 4) is 41.0 Å². The van der Waals surface area contributed by atoms with E-state index in [1.807, 2.05) is 36.6 Å². The fourth-order valence-corrected chi connectivity index (χ4v) is 4.15. The molecule has 4 heterocycles. The third-order valence-electron chi connectivity index (χ3n) is 6.01. The number of fused-ring (bicyclic) bond motifs is 5. The van der Waals surface area contributed by atoms with Gasteiger partial charge in [-0.05, 0) is 42.5 Å². The standard InChI is InChI=1S/C26H20FN7O2/c1-4-16-5-10-20-22(11-16)34-21(19(30-32-34)13-35-18-8-6-17(27)7-9-18)12-23-24(28-14-33(20)23)25-29-26(15(2)3)36-31-25/h1,5-11,14-15H,12-13H2,2-3H3. The molecule has 36 heavy (non-hydrogen) atoms. The van der Waals surface area contributed by atoms with Gasteiger partial charge in [-0.15, -0.1) is 11.5 Å². The highest BCUT2D eigenvalue weighted by Crippen LogP contribution is 2.33. The average Bonchev–Trinajstić information content (AvgIpc) is 3.61. The monoisotopic (exact) mass is 481 g/mol. The normalized spacial score (nSPS) is 12.0. The first-order valence-electron chi connectivity index (χ1n) is 11.3. The molecule has 5 aromatic rings. The zero-order valence-electron chi connectivity index (χ0n) is 19.5. The SMILES string of the molecule is C#Cc1ccc2c(c1)-n1nnc(COc3ccc(F)cc3)c1Cc1c(-c3noc(C(C)C)n3)ncn1-2. The van der Waals surface area contributed by atoms with E-state index in [4.69, 9.17) is 15.7 Å². The quantitative estimate of drug-likeness (QED) is 0.340. The number of imidazole rings is 1. The van der Waals surface area contributed by atoms with Crippen LogP contribution >= 0.6 is 0 Å². The molecular formula is C26H20FN7O2. The Balaban J connectivity index is 1.47. The predicted octanol–water partition coefficient (Wildman–Crippen LogP) is 4.23. The molecule has 2 aromatic carbocycles. The number of ether oxygens (including phenoxy) is 1. The number of aromatic nitrogens is 7. The predicted molar refractivity (Wildman–Crippen MR) is 127 cm³/mol. The Morgan fingerprint density at radius 3 is 2.72 bits per heavy atom. The largest absolute Gasteiger partial charge is 0.487 e. The van der Waals surface area contributed by atoms with Crippen LogP contribution in [0.15, 0.2) is 53.3 Å². The minimum Gasteiger partial charge on any atom is -0.487 e. The Morgan fingerprint density at radius 2 is 1.97 bits per heavy atom. The van der Waals surface area contributed by atoms with Crippen molar-refractivity contribution in [1.29, 1.82) is 0 Å². The van der Waals surface area contributed by atoms with Crippen molar-refractivity contribution in [2.45, 2.75) is 32.8 Å². The summed E-state index contributed by atoms with van der Waals surface area (Å²) in [5.41, 5.74) is 5.21. The molecule has 0 radical (unpaired) electrons. The molecular weight excluding hydrogens is 461 g/mol. The third kappa shape index (κ3) is 3.62. The molecule has 0 N–H and O–H groups in total. The zero-order chi connectivity index (χ0) is 24.8. The van der Waals surface area contributed by atoms with E-state index in [-0.39, 0.29) is 18.3 Å². The molecule has 0 spiro atoms. The van der Waals surface area contributed by atoms with Crippen molar-refractivity contribution in [2.24, 2.45) is 0 Å². The van der Waals surface area contributed by atoms with E-state index in [9.17, 15) is 4.39 Å². The van der Waals surface area contributed by atoms with Gasteiger partial charge in [0.25, 0.3) is 0 Å². The molecule has 0 saturated carbocycles. The molecule has 1 aliphatic rings. The second-order valence-electron chi connectivity index (χ2n) is 8.68. The Hall–Kier alpha value is -4.78. The molecule has 0 bridgehead atoms. The topological polar surface area (TPSA) is 96.7 Å². The summed E-state index contributed by atoms with van der Waals surface area (Å²) < 4.78 is 28.4. The van der Waals surface area contributed by atoms with Crippen molar-refractivity contribution >= 4 is 0 Å². The summed E-state index contributed by atoms with van der Waals surface area (Å²) in [7, 11) is 0. The number of hydrogen-bond acceptors (Lipinski definition) is 7. The Labute approximate surface area is 205 Å². The first-order valence-corrected chi connectivity index (χ1v) is 11.3. The van der Waals surface area contributed by atoms with E-state index in [1.54, 1.807) is 23.1 Å². The van der Waals surface area contributed by atoms with Crippen LogP contribution in [0.4, 0.5) is 4.39 Å². The van der Waals surface area contributed by atoms with Crippen LogP contribution in [0, 0.1) is 18.2 Å². The molecule has 0 atom stereocenters. The van der Waals surface area contributed by atoms with Crippen LogP contribution in [0.3, 0.4) is 0 Å². The molecule has 0 amide bonds. The lowest BCUT2D eigenvalue weighted by molar-refractivity contribution is 0.299. The molecule has 3 aromatic heterocycles. The fourth-order valence-electron chi connectivity index (χ4n) is 4.15. The summed E-state index contributed by atoms with van der Waals surface area (Å²) in [6.45, 7) is 4.12. The van der Waals surface area contributed by atoms with Crippen molar-refractivity contribution < 1.29 is 13.7 Å². The van der Waals surface area contributed by atoms with Crippen molar-refractivity contribution in [3.05, 3.63) is 83.1 Å². The summed E-state index contributed by atoms with van der Waals surface area (Å²) in [6.07, 6.45) is 7.85. The van der Waals surface area contributed by atoms with Crippen molar-refractivity contribution in [2.75, 3.05) is 0 Å². The van der Waals surface area contributed by atoms with Gasteiger partial charge in [-0.3, -0.25) is 4.57 Å². The zero-order valence-corrected chi connectivity index (χ0v) is 19.5. The van der Waals surface area contributed by atoms with Gasteiger partial charge in [-0.25, -0.2) is 14.1 Å². The highest BCUT2D eigenvalue weighted by atomic mass is 19.1.